The molecule has 1 aromatic carbocycles. The van der Waals surface area contributed by atoms with E-state index in [0.717, 1.165) is 16.1 Å². The first-order chi connectivity index (χ1) is 14.0. The van der Waals surface area contributed by atoms with Gasteiger partial charge >= 0.3 is 12.3 Å². The number of hydrogen-bond donors (Lipinski definition) is 1. The largest absolute Gasteiger partial charge is 0.573 e. The second-order valence-corrected chi connectivity index (χ2v) is 8.33. The average Bonchev–Trinajstić information content (AvgIpc) is 2.98. The summed E-state index contributed by atoms with van der Waals surface area (Å²) in [5.74, 6) is -1.95. The molecule has 0 radical (unpaired) electrons. The monoisotopic (exact) mass is 462 g/mol. The van der Waals surface area contributed by atoms with Crippen LogP contribution in [0.15, 0.2) is 47.4 Å². The summed E-state index contributed by atoms with van der Waals surface area (Å²) in [6.45, 7) is 0. The zero-order chi connectivity index (χ0) is 22.1. The Morgan fingerprint density at radius 1 is 1.20 bits per heavy atom. The van der Waals surface area contributed by atoms with Gasteiger partial charge < -0.3 is 9.84 Å². The van der Waals surface area contributed by atoms with Gasteiger partial charge in [-0.15, -0.1) is 13.2 Å². The van der Waals surface area contributed by atoms with Crippen LogP contribution < -0.4 is 4.74 Å². The molecule has 0 amide bonds. The van der Waals surface area contributed by atoms with E-state index in [1.807, 2.05) is 0 Å². The van der Waals surface area contributed by atoms with E-state index in [9.17, 15) is 26.4 Å². The minimum absolute atomic E-state index is 0.0296. The lowest BCUT2D eigenvalue weighted by Crippen LogP contribution is -2.21. The molecule has 0 saturated heterocycles. The van der Waals surface area contributed by atoms with Crippen LogP contribution in [0.2, 0.25) is 5.15 Å². The highest BCUT2D eigenvalue weighted by atomic mass is 35.5. The predicted octanol–water partition coefficient (Wildman–Crippen LogP) is 4.23. The van der Waals surface area contributed by atoms with Crippen molar-refractivity contribution >= 4 is 38.6 Å². The maximum atomic E-state index is 13.4. The maximum Gasteiger partial charge on any atom is 0.573 e. The molecule has 0 saturated carbocycles. The molecule has 0 aliphatic carbocycles. The van der Waals surface area contributed by atoms with Crippen LogP contribution in [0.1, 0.15) is 18.5 Å². The van der Waals surface area contributed by atoms with Crippen LogP contribution in [0.4, 0.5) is 13.2 Å². The van der Waals surface area contributed by atoms with E-state index in [4.69, 9.17) is 16.7 Å². The van der Waals surface area contributed by atoms with Gasteiger partial charge in [-0.1, -0.05) is 23.7 Å². The summed E-state index contributed by atoms with van der Waals surface area (Å²) in [4.78, 5) is 14.2. The fourth-order valence-electron chi connectivity index (χ4n) is 2.94. The Bertz CT molecular complexity index is 1210. The number of rotatable bonds is 7. The molecule has 3 aromatic rings. The smallest absolute Gasteiger partial charge is 0.481 e. The first kappa shape index (κ1) is 21.9. The Balaban J connectivity index is 2.18. The van der Waals surface area contributed by atoms with E-state index in [2.05, 4.69) is 9.72 Å². The molecule has 3 rings (SSSR count). The van der Waals surface area contributed by atoms with Gasteiger partial charge in [-0.2, -0.15) is 0 Å². The van der Waals surface area contributed by atoms with E-state index in [1.165, 1.54) is 30.3 Å². The topological polar surface area (TPSA) is 98.5 Å². The minimum Gasteiger partial charge on any atom is -0.481 e. The van der Waals surface area contributed by atoms with E-state index < -0.39 is 33.0 Å². The SMILES string of the molecule is O=C(O)CCCc1cc2nc(Cl)ccc2n1S(=O)(=O)c1ccccc1OC(F)(F)F. The van der Waals surface area contributed by atoms with E-state index in [1.54, 1.807) is 0 Å². The summed E-state index contributed by atoms with van der Waals surface area (Å²) < 4.78 is 69.7. The molecule has 2 heterocycles. The van der Waals surface area contributed by atoms with Gasteiger partial charge in [0.25, 0.3) is 10.0 Å². The lowest BCUT2D eigenvalue weighted by Gasteiger charge is -2.16. The normalized spacial score (nSPS) is 12.3. The van der Waals surface area contributed by atoms with Gasteiger partial charge in [0.2, 0.25) is 0 Å². The summed E-state index contributed by atoms with van der Waals surface area (Å²) in [6, 6.07) is 8.49. The van der Waals surface area contributed by atoms with Crippen molar-refractivity contribution in [1.82, 2.24) is 8.96 Å². The lowest BCUT2D eigenvalue weighted by atomic mass is 10.2. The van der Waals surface area contributed by atoms with Crippen LogP contribution in [-0.4, -0.2) is 34.8 Å². The third-order valence-electron chi connectivity index (χ3n) is 4.07. The Morgan fingerprint density at radius 3 is 2.57 bits per heavy atom. The van der Waals surface area contributed by atoms with Gasteiger partial charge in [0.1, 0.15) is 15.8 Å². The first-order valence-electron chi connectivity index (χ1n) is 8.48. The highest BCUT2D eigenvalue weighted by Gasteiger charge is 2.35. The molecular formula is C18H14ClF3N2O5S. The third-order valence-corrected chi connectivity index (χ3v) is 6.08. The minimum atomic E-state index is -5.09. The summed E-state index contributed by atoms with van der Waals surface area (Å²) in [5, 5.41) is 8.93. The molecule has 0 unspecified atom stereocenters. The number of aliphatic carboxylic acids is 1. The molecule has 0 spiro atoms. The highest BCUT2D eigenvalue weighted by molar-refractivity contribution is 7.90. The molecule has 30 heavy (non-hydrogen) atoms. The second-order valence-electron chi connectivity index (χ2n) is 6.19. The number of carboxylic acid groups (broad SMARTS) is 1. The van der Waals surface area contributed by atoms with Crippen molar-refractivity contribution in [3.05, 3.63) is 53.3 Å². The first-order valence-corrected chi connectivity index (χ1v) is 10.3. The fraction of sp³-hybridized carbons (Fsp3) is 0.222. The van der Waals surface area contributed by atoms with Crippen LogP contribution in [0.25, 0.3) is 11.0 Å². The van der Waals surface area contributed by atoms with Gasteiger partial charge in [-0.05, 0) is 43.2 Å². The number of nitrogens with zero attached hydrogens (tertiary/aromatic N) is 2. The average molecular weight is 463 g/mol. The zero-order valence-electron chi connectivity index (χ0n) is 15.1. The summed E-state index contributed by atoms with van der Waals surface area (Å²) >= 11 is 5.86. The van der Waals surface area contributed by atoms with Crippen LogP contribution in [0, 0.1) is 0 Å². The molecule has 160 valence electrons. The van der Waals surface area contributed by atoms with Crippen molar-refractivity contribution in [2.75, 3.05) is 0 Å². The lowest BCUT2D eigenvalue weighted by molar-refractivity contribution is -0.275. The molecule has 7 nitrogen and oxygen atoms in total. The Hall–Kier alpha value is -2.79. The number of halogens is 4. The van der Waals surface area contributed by atoms with Crippen molar-refractivity contribution in [2.45, 2.75) is 30.5 Å². The Labute approximate surface area is 173 Å². The van der Waals surface area contributed by atoms with Gasteiger partial charge in [-0.25, -0.2) is 17.4 Å². The number of hydrogen-bond acceptors (Lipinski definition) is 5. The highest BCUT2D eigenvalue weighted by Crippen LogP contribution is 2.33. The summed E-state index contributed by atoms with van der Waals surface area (Å²) in [5.41, 5.74) is 0.444. The Kier molecular flexibility index (Phi) is 5.95. The van der Waals surface area contributed by atoms with Gasteiger partial charge in [0.05, 0.1) is 11.0 Å². The molecule has 0 bridgehead atoms. The van der Waals surface area contributed by atoms with Crippen molar-refractivity contribution in [1.29, 1.82) is 0 Å². The predicted molar refractivity (Wildman–Crippen MR) is 101 cm³/mol. The van der Waals surface area contributed by atoms with Crippen molar-refractivity contribution < 1.29 is 36.2 Å². The maximum absolute atomic E-state index is 13.4. The van der Waals surface area contributed by atoms with E-state index in [0.29, 0.717) is 0 Å². The summed E-state index contributed by atoms with van der Waals surface area (Å²) in [7, 11) is -4.56. The number of carboxylic acids is 1. The van der Waals surface area contributed by atoms with Gasteiger partial charge in [-0.3, -0.25) is 4.79 Å². The molecule has 1 N–H and O–H groups in total. The van der Waals surface area contributed by atoms with Crippen molar-refractivity contribution in [3.63, 3.8) is 0 Å². The van der Waals surface area contributed by atoms with Crippen LogP contribution in [0.3, 0.4) is 0 Å². The molecule has 0 aliphatic heterocycles. The number of ether oxygens (including phenoxy) is 1. The summed E-state index contributed by atoms with van der Waals surface area (Å²) in [6.07, 6.45) is -5.18. The number of para-hydroxylation sites is 1. The molecular weight excluding hydrogens is 449 g/mol. The molecule has 0 aliphatic rings. The third kappa shape index (κ3) is 4.68. The van der Waals surface area contributed by atoms with Crippen molar-refractivity contribution in [3.8, 4) is 5.75 Å². The number of alkyl halides is 3. The van der Waals surface area contributed by atoms with Gasteiger partial charge in [0, 0.05) is 12.1 Å². The van der Waals surface area contributed by atoms with Gasteiger partial charge in [0.15, 0.2) is 0 Å². The molecule has 12 heteroatoms. The van der Waals surface area contributed by atoms with E-state index in [-0.39, 0.29) is 41.1 Å². The molecule has 0 atom stereocenters. The Morgan fingerprint density at radius 2 is 1.90 bits per heavy atom. The molecule has 0 fully saturated rings. The standard InChI is InChI=1S/C18H14ClF3N2O5S/c19-16-9-8-13-12(23-16)10-11(4-3-7-17(25)26)24(13)30(27,28)15-6-2-1-5-14(15)29-18(20,21)22/h1-2,5-6,8-10H,3-4,7H2,(H,25,26). The number of fused-ring (bicyclic) bond motifs is 1. The van der Waals surface area contributed by atoms with Crippen LogP contribution in [-0.2, 0) is 21.2 Å². The van der Waals surface area contributed by atoms with Crippen LogP contribution >= 0.6 is 11.6 Å². The zero-order valence-corrected chi connectivity index (χ0v) is 16.6. The number of aryl methyl sites for hydroxylation is 1. The number of carbonyl (C=O) groups is 1. The quantitative estimate of drug-likeness (QED) is 0.527. The second kappa shape index (κ2) is 8.15. The fourth-order valence-corrected chi connectivity index (χ4v) is 4.77. The number of benzene rings is 1. The van der Waals surface area contributed by atoms with E-state index >= 15 is 0 Å². The number of aromatic nitrogens is 2. The van der Waals surface area contributed by atoms with Crippen LogP contribution in [0.5, 0.6) is 5.75 Å². The van der Waals surface area contributed by atoms with Crippen molar-refractivity contribution in [2.24, 2.45) is 0 Å². The number of pyridine rings is 1. The molecule has 2 aromatic heterocycles.